The molecule has 0 saturated carbocycles. The Morgan fingerprint density at radius 2 is 1.85 bits per heavy atom. The molecule has 0 bridgehead atoms. The minimum absolute atomic E-state index is 0.0939. The molecule has 7 heteroatoms. The van der Waals surface area contributed by atoms with Crippen molar-refractivity contribution in [1.82, 2.24) is 4.57 Å². The van der Waals surface area contributed by atoms with Crippen molar-refractivity contribution < 1.29 is 4.42 Å². The summed E-state index contributed by atoms with van der Waals surface area (Å²) >= 11 is 11.8. The third-order valence-electron chi connectivity index (χ3n) is 7.36. The molecule has 39 heavy (non-hydrogen) atoms. The standard InChI is InChI=1S/C32H22BrClN2O2S/c1-18-10-13-22(25(33)16-18)27-15-12-20(38-27)17-28-31(37)36-30(23-8-4-5-9-26(23)34)24-14-11-19-6-2-3-7-21(19)29(24)35-32(36)39-28/h2-10,12-13,15-17,30H,11,14H2,1H3/b28-17+/t30-/m1/s1. The van der Waals surface area contributed by atoms with Crippen LogP contribution >= 0.6 is 38.9 Å². The fourth-order valence-corrected chi connectivity index (χ4v) is 7.43. The molecule has 0 spiro atoms. The summed E-state index contributed by atoms with van der Waals surface area (Å²) in [6, 6.07) is 25.9. The Bertz CT molecular complexity index is 2000. The molecule has 1 aliphatic heterocycles. The molecule has 0 saturated heterocycles. The zero-order chi connectivity index (χ0) is 26.7. The van der Waals surface area contributed by atoms with Gasteiger partial charge in [-0.2, -0.15) is 0 Å². The third-order valence-corrected chi connectivity index (χ3v) is 9.35. The molecule has 0 N–H and O–H groups in total. The highest BCUT2D eigenvalue weighted by atomic mass is 79.9. The summed E-state index contributed by atoms with van der Waals surface area (Å²) in [6.45, 7) is 2.05. The molecule has 1 aliphatic carbocycles. The lowest BCUT2D eigenvalue weighted by Crippen LogP contribution is -2.38. The number of aryl methyl sites for hydroxylation is 2. The van der Waals surface area contributed by atoms with E-state index >= 15 is 0 Å². The number of aromatic nitrogens is 1. The minimum Gasteiger partial charge on any atom is -0.457 e. The van der Waals surface area contributed by atoms with E-state index in [1.165, 1.54) is 16.9 Å². The first kappa shape index (κ1) is 24.6. The van der Waals surface area contributed by atoms with Gasteiger partial charge in [0.05, 0.1) is 16.3 Å². The molecule has 0 radical (unpaired) electrons. The van der Waals surface area contributed by atoms with Crippen molar-refractivity contribution in [2.45, 2.75) is 25.8 Å². The second kappa shape index (κ2) is 9.63. The summed E-state index contributed by atoms with van der Waals surface area (Å²) in [4.78, 5) is 19.7. The number of halogens is 2. The summed E-state index contributed by atoms with van der Waals surface area (Å²) in [5, 5.41) is 0.643. The van der Waals surface area contributed by atoms with Crippen molar-refractivity contribution in [2.75, 3.05) is 0 Å². The monoisotopic (exact) mass is 612 g/mol. The summed E-state index contributed by atoms with van der Waals surface area (Å²) < 4.78 is 9.51. The van der Waals surface area contributed by atoms with Gasteiger partial charge < -0.3 is 4.42 Å². The molecule has 0 amide bonds. The predicted molar refractivity (Wildman–Crippen MR) is 161 cm³/mol. The van der Waals surface area contributed by atoms with Crippen LogP contribution in [0.2, 0.25) is 5.02 Å². The van der Waals surface area contributed by atoms with E-state index in [9.17, 15) is 4.79 Å². The van der Waals surface area contributed by atoms with E-state index in [0.29, 0.717) is 20.1 Å². The van der Waals surface area contributed by atoms with Crippen LogP contribution in [0.15, 0.2) is 103 Å². The van der Waals surface area contributed by atoms with E-state index in [2.05, 4.69) is 46.3 Å². The number of benzene rings is 3. The smallest absolute Gasteiger partial charge is 0.271 e. The highest BCUT2D eigenvalue weighted by molar-refractivity contribution is 9.10. The number of nitrogens with zero attached hydrogens (tertiary/aromatic N) is 2. The number of thiazole rings is 1. The molecule has 7 rings (SSSR count). The molecule has 3 aromatic carbocycles. The van der Waals surface area contributed by atoms with E-state index < -0.39 is 0 Å². The Kier molecular flexibility index (Phi) is 6.07. The van der Waals surface area contributed by atoms with Gasteiger partial charge in [0.25, 0.3) is 5.56 Å². The van der Waals surface area contributed by atoms with Crippen LogP contribution in [-0.4, -0.2) is 4.57 Å². The Morgan fingerprint density at radius 1 is 1.03 bits per heavy atom. The maximum absolute atomic E-state index is 14.0. The Morgan fingerprint density at radius 3 is 2.69 bits per heavy atom. The van der Waals surface area contributed by atoms with Crippen LogP contribution in [0.3, 0.4) is 0 Å². The molecule has 0 unspecified atom stereocenters. The van der Waals surface area contributed by atoms with Gasteiger partial charge in [-0.25, -0.2) is 4.99 Å². The Balaban J connectivity index is 1.41. The largest absolute Gasteiger partial charge is 0.457 e. The van der Waals surface area contributed by atoms with E-state index in [0.717, 1.165) is 56.6 Å². The summed E-state index contributed by atoms with van der Waals surface area (Å²) in [6.07, 6.45) is 3.54. The molecule has 5 aromatic rings. The number of allylic oxidation sites excluding steroid dienone is 1. The van der Waals surface area contributed by atoms with Crippen LogP contribution in [0, 0.1) is 6.92 Å². The zero-order valence-electron chi connectivity index (χ0n) is 20.9. The predicted octanol–water partition coefficient (Wildman–Crippen LogP) is 7.30. The van der Waals surface area contributed by atoms with Crippen LogP contribution in [0.25, 0.3) is 23.1 Å². The molecule has 1 atom stereocenters. The summed E-state index contributed by atoms with van der Waals surface area (Å²) in [5.74, 6) is 1.35. The first-order valence-corrected chi connectivity index (χ1v) is 14.7. The molecule has 3 heterocycles. The quantitative estimate of drug-likeness (QED) is 0.214. The van der Waals surface area contributed by atoms with Crippen LogP contribution in [0.4, 0.5) is 0 Å². The lowest BCUT2D eigenvalue weighted by Gasteiger charge is -2.31. The fraction of sp³-hybridized carbons (Fsp3) is 0.125. The zero-order valence-corrected chi connectivity index (χ0v) is 24.1. The van der Waals surface area contributed by atoms with Crippen molar-refractivity contribution >= 4 is 50.6 Å². The summed E-state index contributed by atoms with van der Waals surface area (Å²) in [7, 11) is 0. The molecule has 2 aromatic heterocycles. The highest BCUT2D eigenvalue weighted by Crippen LogP contribution is 2.42. The van der Waals surface area contributed by atoms with Crippen molar-refractivity contribution in [2.24, 2.45) is 4.99 Å². The first-order valence-electron chi connectivity index (χ1n) is 12.7. The topological polar surface area (TPSA) is 47.5 Å². The minimum atomic E-state index is -0.309. The third kappa shape index (κ3) is 4.18. The molecular formula is C32H22BrClN2O2S. The SMILES string of the molecule is Cc1ccc(-c2ccc(/C=c3/sc4n(c3=O)[C@H](c3ccccc3Cl)C3=C(N=4)c4ccccc4CC3)o2)c(Br)c1. The van der Waals surface area contributed by atoms with Gasteiger partial charge in [0, 0.05) is 26.7 Å². The average molecular weight is 614 g/mol. The van der Waals surface area contributed by atoms with Crippen molar-refractivity contribution in [3.05, 3.63) is 142 Å². The van der Waals surface area contributed by atoms with Crippen LogP contribution in [0.5, 0.6) is 0 Å². The second-order valence-electron chi connectivity index (χ2n) is 9.82. The van der Waals surface area contributed by atoms with Crippen LogP contribution < -0.4 is 14.9 Å². The first-order chi connectivity index (χ1) is 19.0. The van der Waals surface area contributed by atoms with E-state index in [1.54, 1.807) is 0 Å². The molecule has 4 nitrogen and oxygen atoms in total. The van der Waals surface area contributed by atoms with Crippen LogP contribution in [0.1, 0.15) is 40.5 Å². The fourth-order valence-electron chi connectivity index (χ4n) is 5.52. The Labute approximate surface area is 242 Å². The molecule has 192 valence electrons. The molecular weight excluding hydrogens is 592 g/mol. The van der Waals surface area contributed by atoms with Gasteiger partial charge in [-0.15, -0.1) is 0 Å². The average Bonchev–Trinajstić information content (AvgIpc) is 3.52. The summed E-state index contributed by atoms with van der Waals surface area (Å²) in [5.41, 5.74) is 7.45. The number of furan rings is 1. The number of hydrogen-bond acceptors (Lipinski definition) is 4. The lowest BCUT2D eigenvalue weighted by atomic mass is 9.83. The number of rotatable bonds is 3. The highest BCUT2D eigenvalue weighted by Gasteiger charge is 2.33. The lowest BCUT2D eigenvalue weighted by molar-refractivity contribution is 0.570. The van der Waals surface area contributed by atoms with Gasteiger partial charge in [-0.3, -0.25) is 9.36 Å². The van der Waals surface area contributed by atoms with Gasteiger partial charge in [0.1, 0.15) is 11.5 Å². The van der Waals surface area contributed by atoms with Gasteiger partial charge in [-0.05, 0) is 72.4 Å². The Hall–Kier alpha value is -3.45. The maximum atomic E-state index is 14.0. The molecule has 0 fully saturated rings. The van der Waals surface area contributed by atoms with E-state index in [4.69, 9.17) is 21.0 Å². The van der Waals surface area contributed by atoms with Gasteiger partial charge in [0.2, 0.25) is 0 Å². The van der Waals surface area contributed by atoms with E-state index in [1.807, 2.05) is 66.1 Å². The van der Waals surface area contributed by atoms with Gasteiger partial charge in [0.15, 0.2) is 4.80 Å². The van der Waals surface area contributed by atoms with Crippen LogP contribution in [-0.2, 0) is 6.42 Å². The van der Waals surface area contributed by atoms with Crippen molar-refractivity contribution in [3.8, 4) is 11.3 Å². The van der Waals surface area contributed by atoms with Gasteiger partial charge >= 0.3 is 0 Å². The number of fused-ring (bicyclic) bond motifs is 3. The van der Waals surface area contributed by atoms with Gasteiger partial charge in [-0.1, -0.05) is 87.4 Å². The van der Waals surface area contributed by atoms with Crippen molar-refractivity contribution in [1.29, 1.82) is 0 Å². The normalized spacial score (nSPS) is 16.5. The number of hydrogen-bond donors (Lipinski definition) is 0. The van der Waals surface area contributed by atoms with E-state index in [-0.39, 0.29) is 11.6 Å². The maximum Gasteiger partial charge on any atom is 0.271 e. The van der Waals surface area contributed by atoms with Crippen molar-refractivity contribution in [3.63, 3.8) is 0 Å². The molecule has 2 aliphatic rings. The second-order valence-corrected chi connectivity index (χ2v) is 12.1.